The number of hydrogen-bond acceptors (Lipinski definition) is 5. The van der Waals surface area contributed by atoms with Gasteiger partial charge >= 0.3 is 0 Å². The van der Waals surface area contributed by atoms with Gasteiger partial charge in [-0.3, -0.25) is 14.9 Å². The third-order valence-electron chi connectivity index (χ3n) is 3.08. The first-order valence-electron chi connectivity index (χ1n) is 7.02. The van der Waals surface area contributed by atoms with Crippen molar-refractivity contribution in [1.29, 1.82) is 0 Å². The number of nitro groups is 1. The summed E-state index contributed by atoms with van der Waals surface area (Å²) in [5.41, 5.74) is 3.25. The number of hydrogen-bond donors (Lipinski definition) is 1. The monoisotopic (exact) mass is 425 g/mol. The van der Waals surface area contributed by atoms with Crippen molar-refractivity contribution < 1.29 is 14.5 Å². The number of nitrogens with one attached hydrogen (secondary N) is 1. The van der Waals surface area contributed by atoms with Gasteiger partial charge in [0.2, 0.25) is 0 Å². The van der Waals surface area contributed by atoms with E-state index in [0.717, 1.165) is 4.47 Å². The molecule has 0 unspecified atom stereocenters. The molecule has 0 saturated carbocycles. The molecule has 9 heteroatoms. The fourth-order valence-electron chi connectivity index (χ4n) is 1.82. The topological polar surface area (TPSA) is 93.8 Å². The second kappa shape index (κ2) is 8.59. The van der Waals surface area contributed by atoms with E-state index in [1.165, 1.54) is 12.1 Å². The Bertz CT molecular complexity index is 842. The van der Waals surface area contributed by atoms with Crippen molar-refractivity contribution in [3.8, 4) is 5.75 Å². The third kappa shape index (κ3) is 5.54. The van der Waals surface area contributed by atoms with Gasteiger partial charge in [0.25, 0.3) is 11.6 Å². The normalized spacial score (nSPS) is 11.1. The molecule has 0 bridgehead atoms. The number of hydrazone groups is 1. The van der Waals surface area contributed by atoms with Gasteiger partial charge in [0.15, 0.2) is 6.61 Å². The minimum absolute atomic E-state index is 0.0495. The number of nitrogens with zero attached hydrogens (tertiary/aromatic N) is 2. The zero-order valence-electron chi connectivity index (χ0n) is 13.0. The molecule has 1 N–H and O–H groups in total. The summed E-state index contributed by atoms with van der Waals surface area (Å²) < 4.78 is 6.12. The van der Waals surface area contributed by atoms with Crippen LogP contribution in [0.15, 0.2) is 52.0 Å². The van der Waals surface area contributed by atoms with Crippen LogP contribution in [-0.2, 0) is 4.79 Å². The van der Waals surface area contributed by atoms with E-state index in [2.05, 4.69) is 26.5 Å². The zero-order valence-corrected chi connectivity index (χ0v) is 15.4. The molecule has 1 amide bonds. The largest absolute Gasteiger partial charge is 0.482 e. The molecule has 2 aromatic rings. The van der Waals surface area contributed by atoms with Crippen molar-refractivity contribution in [2.75, 3.05) is 6.61 Å². The lowest BCUT2D eigenvalue weighted by molar-refractivity contribution is -0.384. The standard InChI is InChI=1S/C16H13BrClN3O4/c1-10(11-3-2-4-13(7-11)21(23)24)19-20-16(22)9-25-15-6-5-12(17)8-14(15)18/h2-8H,9H2,1H3,(H,20,22). The van der Waals surface area contributed by atoms with Crippen LogP contribution < -0.4 is 10.2 Å². The van der Waals surface area contributed by atoms with Crippen LogP contribution in [0.4, 0.5) is 5.69 Å². The summed E-state index contributed by atoms with van der Waals surface area (Å²) in [4.78, 5) is 22.1. The first-order valence-corrected chi connectivity index (χ1v) is 8.19. The van der Waals surface area contributed by atoms with Crippen LogP contribution in [0.3, 0.4) is 0 Å². The molecule has 0 spiro atoms. The fraction of sp³-hybridized carbons (Fsp3) is 0.125. The summed E-state index contributed by atoms with van der Waals surface area (Å²) in [5, 5.41) is 15.1. The van der Waals surface area contributed by atoms with Crippen molar-refractivity contribution in [3.63, 3.8) is 0 Å². The number of benzene rings is 2. The van der Waals surface area contributed by atoms with Crippen LogP contribution in [0.25, 0.3) is 0 Å². The summed E-state index contributed by atoms with van der Waals surface area (Å²) >= 11 is 9.27. The van der Waals surface area contributed by atoms with E-state index < -0.39 is 10.8 Å². The molecule has 130 valence electrons. The molecule has 7 nitrogen and oxygen atoms in total. The van der Waals surface area contributed by atoms with Crippen molar-refractivity contribution in [3.05, 3.63) is 67.6 Å². The number of non-ortho nitro benzene ring substituents is 1. The highest BCUT2D eigenvalue weighted by Gasteiger charge is 2.09. The van der Waals surface area contributed by atoms with Gasteiger partial charge in [-0.2, -0.15) is 5.10 Å². The lowest BCUT2D eigenvalue weighted by atomic mass is 10.1. The Kier molecular flexibility index (Phi) is 6.49. The number of ether oxygens (including phenoxy) is 1. The number of amides is 1. The Labute approximate surface area is 156 Å². The second-order valence-electron chi connectivity index (χ2n) is 4.90. The maximum Gasteiger partial charge on any atom is 0.277 e. The Morgan fingerprint density at radius 1 is 1.36 bits per heavy atom. The lowest BCUT2D eigenvalue weighted by Crippen LogP contribution is -2.25. The van der Waals surface area contributed by atoms with E-state index in [-0.39, 0.29) is 12.3 Å². The first kappa shape index (κ1) is 18.9. The minimum atomic E-state index is -0.495. The first-order chi connectivity index (χ1) is 11.9. The van der Waals surface area contributed by atoms with Gasteiger partial charge < -0.3 is 4.74 Å². The molecule has 0 saturated heterocycles. The maximum atomic E-state index is 11.8. The molecule has 2 aromatic carbocycles. The smallest absolute Gasteiger partial charge is 0.277 e. The van der Waals surface area contributed by atoms with Gasteiger partial charge in [-0.1, -0.05) is 39.7 Å². The molecule has 0 fully saturated rings. The summed E-state index contributed by atoms with van der Waals surface area (Å²) in [6, 6.07) is 11.0. The Balaban J connectivity index is 1.95. The molecule has 0 heterocycles. The molecule has 0 aliphatic heterocycles. The summed E-state index contributed by atoms with van der Waals surface area (Å²) in [6.07, 6.45) is 0. The second-order valence-corrected chi connectivity index (χ2v) is 6.23. The Morgan fingerprint density at radius 2 is 2.12 bits per heavy atom. The van der Waals surface area contributed by atoms with Gasteiger partial charge in [-0.25, -0.2) is 5.43 Å². The molecule has 0 atom stereocenters. The van der Waals surface area contributed by atoms with E-state index in [9.17, 15) is 14.9 Å². The number of halogens is 2. The van der Waals surface area contributed by atoms with Gasteiger partial charge in [0, 0.05) is 22.2 Å². The van der Waals surface area contributed by atoms with Crippen LogP contribution in [0.5, 0.6) is 5.75 Å². The van der Waals surface area contributed by atoms with E-state index >= 15 is 0 Å². The molecule has 0 aromatic heterocycles. The van der Waals surface area contributed by atoms with E-state index in [4.69, 9.17) is 16.3 Å². The van der Waals surface area contributed by atoms with Crippen LogP contribution >= 0.6 is 27.5 Å². The number of nitro benzene ring substituents is 1. The highest BCUT2D eigenvalue weighted by atomic mass is 79.9. The molecule has 2 rings (SSSR count). The molecule has 0 aliphatic rings. The molecular weight excluding hydrogens is 414 g/mol. The maximum absolute atomic E-state index is 11.8. The molecule has 0 aliphatic carbocycles. The van der Waals surface area contributed by atoms with Crippen molar-refractivity contribution in [2.24, 2.45) is 5.10 Å². The number of rotatable bonds is 6. The molecule has 25 heavy (non-hydrogen) atoms. The van der Waals surface area contributed by atoms with Crippen molar-refractivity contribution in [1.82, 2.24) is 5.43 Å². The zero-order chi connectivity index (χ0) is 18.4. The lowest BCUT2D eigenvalue weighted by Gasteiger charge is -2.07. The minimum Gasteiger partial charge on any atom is -0.482 e. The fourth-order valence-corrected chi connectivity index (χ4v) is 2.55. The van der Waals surface area contributed by atoms with Crippen molar-refractivity contribution in [2.45, 2.75) is 6.92 Å². The SMILES string of the molecule is CC(=NNC(=O)COc1ccc(Br)cc1Cl)c1cccc([N+](=O)[O-])c1. The Morgan fingerprint density at radius 3 is 2.80 bits per heavy atom. The van der Waals surface area contributed by atoms with E-state index in [1.807, 2.05) is 0 Å². The average Bonchev–Trinajstić information content (AvgIpc) is 2.59. The van der Waals surface area contributed by atoms with Crippen molar-refractivity contribution >= 4 is 44.8 Å². The predicted molar refractivity (Wildman–Crippen MR) is 98.1 cm³/mol. The van der Waals surface area contributed by atoms with Gasteiger partial charge in [0.05, 0.1) is 15.7 Å². The van der Waals surface area contributed by atoms with Gasteiger partial charge in [-0.15, -0.1) is 0 Å². The quantitative estimate of drug-likeness (QED) is 0.430. The molecule has 0 radical (unpaired) electrons. The van der Waals surface area contributed by atoms with Crippen LogP contribution in [-0.4, -0.2) is 23.1 Å². The van der Waals surface area contributed by atoms with E-state index in [0.29, 0.717) is 22.0 Å². The Hall–Kier alpha value is -2.45. The highest BCUT2D eigenvalue weighted by Crippen LogP contribution is 2.27. The summed E-state index contributed by atoms with van der Waals surface area (Å²) in [5.74, 6) is -0.108. The predicted octanol–water partition coefficient (Wildman–Crippen LogP) is 3.93. The van der Waals surface area contributed by atoms with E-state index in [1.54, 1.807) is 37.3 Å². The summed E-state index contributed by atoms with van der Waals surface area (Å²) in [6.45, 7) is 1.36. The third-order valence-corrected chi connectivity index (χ3v) is 3.86. The number of carbonyl (C=O) groups excluding carboxylic acids is 1. The van der Waals surface area contributed by atoms with Crippen LogP contribution in [0.1, 0.15) is 12.5 Å². The summed E-state index contributed by atoms with van der Waals surface area (Å²) in [7, 11) is 0. The van der Waals surface area contributed by atoms with Gasteiger partial charge in [0.1, 0.15) is 5.75 Å². The average molecular weight is 427 g/mol. The highest BCUT2D eigenvalue weighted by molar-refractivity contribution is 9.10. The van der Waals surface area contributed by atoms with Crippen LogP contribution in [0, 0.1) is 10.1 Å². The molecular formula is C16H13BrClN3O4. The van der Waals surface area contributed by atoms with Gasteiger partial charge in [-0.05, 0) is 25.1 Å². The van der Waals surface area contributed by atoms with Crippen LogP contribution in [0.2, 0.25) is 5.02 Å². The number of carbonyl (C=O) groups is 1.